The van der Waals surface area contributed by atoms with E-state index in [0.29, 0.717) is 36.1 Å². The van der Waals surface area contributed by atoms with Crippen LogP contribution in [0.2, 0.25) is 0 Å². The number of hydrogen-bond acceptors (Lipinski definition) is 6. The SMILES string of the molecule is CC1(NC(=O)O[C@@H]2CC[C@H](c3cc(Nc4nccn5nc(C6CCC6)cc45)n[nH]3)[C@H]2F)CC1. The molecule has 9 nitrogen and oxygen atoms in total. The van der Waals surface area contributed by atoms with Crippen LogP contribution in [-0.2, 0) is 4.74 Å². The molecule has 3 aliphatic carbocycles. The summed E-state index contributed by atoms with van der Waals surface area (Å²) in [6, 6.07) is 3.88. The van der Waals surface area contributed by atoms with E-state index in [4.69, 9.17) is 4.74 Å². The summed E-state index contributed by atoms with van der Waals surface area (Å²) < 4.78 is 22.3. The van der Waals surface area contributed by atoms with Crippen molar-refractivity contribution in [2.24, 2.45) is 0 Å². The van der Waals surface area contributed by atoms with Crippen LogP contribution in [0.5, 0.6) is 0 Å². The smallest absolute Gasteiger partial charge is 0.407 e. The molecular formula is C23H28FN7O2. The van der Waals surface area contributed by atoms with Gasteiger partial charge in [0.05, 0.1) is 5.69 Å². The Morgan fingerprint density at radius 2 is 2.12 bits per heavy atom. The first-order chi connectivity index (χ1) is 16.0. The van der Waals surface area contributed by atoms with E-state index in [1.165, 1.54) is 19.3 Å². The Kier molecular flexibility index (Phi) is 4.77. The molecule has 3 N–H and O–H groups in total. The van der Waals surface area contributed by atoms with Gasteiger partial charge in [0.2, 0.25) is 0 Å². The molecule has 3 aliphatic rings. The zero-order valence-corrected chi connectivity index (χ0v) is 18.6. The van der Waals surface area contributed by atoms with Crippen molar-refractivity contribution in [3.63, 3.8) is 0 Å². The molecule has 174 valence electrons. The Balaban J connectivity index is 1.13. The average molecular weight is 454 g/mol. The molecule has 3 atom stereocenters. The highest BCUT2D eigenvalue weighted by Crippen LogP contribution is 2.40. The summed E-state index contributed by atoms with van der Waals surface area (Å²) >= 11 is 0. The summed E-state index contributed by atoms with van der Waals surface area (Å²) in [5.74, 6) is 1.35. The number of alkyl halides is 1. The molecule has 0 unspecified atom stereocenters. The number of aromatic nitrogens is 5. The van der Waals surface area contributed by atoms with Crippen LogP contribution in [0.25, 0.3) is 5.52 Å². The minimum atomic E-state index is -1.28. The molecule has 3 aromatic heterocycles. The van der Waals surface area contributed by atoms with Gasteiger partial charge in [0.15, 0.2) is 11.6 Å². The number of rotatable bonds is 6. The van der Waals surface area contributed by atoms with E-state index in [-0.39, 0.29) is 5.54 Å². The molecule has 0 bridgehead atoms. The fraction of sp³-hybridized carbons (Fsp3) is 0.565. The lowest BCUT2D eigenvalue weighted by atomic mass is 9.83. The molecule has 33 heavy (non-hydrogen) atoms. The van der Waals surface area contributed by atoms with Gasteiger partial charge in [0.25, 0.3) is 0 Å². The predicted molar refractivity (Wildman–Crippen MR) is 119 cm³/mol. The monoisotopic (exact) mass is 453 g/mol. The van der Waals surface area contributed by atoms with Crippen molar-refractivity contribution in [3.8, 4) is 0 Å². The number of carbonyl (C=O) groups is 1. The maximum atomic E-state index is 15.1. The zero-order chi connectivity index (χ0) is 22.6. The Morgan fingerprint density at radius 3 is 2.88 bits per heavy atom. The minimum Gasteiger partial charge on any atom is -0.443 e. The maximum Gasteiger partial charge on any atom is 0.407 e. The molecule has 3 aromatic rings. The topological polar surface area (TPSA) is 109 Å². The van der Waals surface area contributed by atoms with Crippen molar-refractivity contribution in [2.45, 2.75) is 81.5 Å². The van der Waals surface area contributed by atoms with Gasteiger partial charge in [-0.15, -0.1) is 0 Å². The van der Waals surface area contributed by atoms with Gasteiger partial charge < -0.3 is 15.4 Å². The number of carbonyl (C=O) groups excluding carboxylic acids is 1. The number of hydrogen-bond donors (Lipinski definition) is 3. The van der Waals surface area contributed by atoms with E-state index in [2.05, 4.69) is 37.0 Å². The standard InChI is InChI=1S/C23H28FN7O2/c1-23(7-8-23)27-22(32)33-18-6-5-14(20(18)24)16-12-19(29-28-16)26-21-17-11-15(13-3-2-4-13)30-31(17)10-9-25-21/h9-14,18,20H,2-8H2,1H3,(H,27,32)(H2,25,26,28,29)/t14-,18-,20-/m1/s1. The second-order valence-corrected chi connectivity index (χ2v) is 9.89. The highest BCUT2D eigenvalue weighted by Gasteiger charge is 2.43. The van der Waals surface area contributed by atoms with E-state index in [1.54, 1.807) is 12.3 Å². The second-order valence-electron chi connectivity index (χ2n) is 9.89. The molecule has 10 heteroatoms. The fourth-order valence-corrected chi connectivity index (χ4v) is 4.75. The van der Waals surface area contributed by atoms with Crippen LogP contribution >= 0.6 is 0 Å². The Morgan fingerprint density at radius 1 is 1.27 bits per heavy atom. The number of nitrogens with one attached hydrogen (secondary N) is 3. The van der Waals surface area contributed by atoms with Gasteiger partial charge in [-0.3, -0.25) is 5.10 Å². The number of halogens is 1. The minimum absolute atomic E-state index is 0.185. The molecule has 6 rings (SSSR count). The van der Waals surface area contributed by atoms with Gasteiger partial charge in [-0.25, -0.2) is 18.7 Å². The molecule has 0 aliphatic heterocycles. The van der Waals surface area contributed by atoms with Crippen LogP contribution in [0.1, 0.15) is 75.1 Å². The van der Waals surface area contributed by atoms with E-state index in [0.717, 1.165) is 24.1 Å². The highest BCUT2D eigenvalue weighted by atomic mass is 19.1. The maximum absolute atomic E-state index is 15.1. The molecule has 3 heterocycles. The molecule has 1 amide bonds. The second kappa shape index (κ2) is 7.71. The van der Waals surface area contributed by atoms with Crippen LogP contribution in [0.15, 0.2) is 24.5 Å². The third-order valence-corrected chi connectivity index (χ3v) is 7.34. The van der Waals surface area contributed by atoms with Gasteiger partial charge in [0.1, 0.15) is 17.8 Å². The molecule has 0 radical (unpaired) electrons. The largest absolute Gasteiger partial charge is 0.443 e. The zero-order valence-electron chi connectivity index (χ0n) is 18.6. The fourth-order valence-electron chi connectivity index (χ4n) is 4.75. The van der Waals surface area contributed by atoms with Crippen molar-refractivity contribution in [1.82, 2.24) is 30.1 Å². The summed E-state index contributed by atoms with van der Waals surface area (Å²) in [7, 11) is 0. The third kappa shape index (κ3) is 3.91. The quantitative estimate of drug-likeness (QED) is 0.513. The van der Waals surface area contributed by atoms with Gasteiger partial charge in [-0.1, -0.05) is 6.42 Å². The van der Waals surface area contributed by atoms with Crippen molar-refractivity contribution in [3.05, 3.63) is 35.9 Å². The lowest BCUT2D eigenvalue weighted by Gasteiger charge is -2.22. The lowest BCUT2D eigenvalue weighted by molar-refractivity contribution is 0.0546. The summed E-state index contributed by atoms with van der Waals surface area (Å²) in [6.07, 6.45) is 7.53. The average Bonchev–Trinajstić information content (AvgIpc) is 3.11. The van der Waals surface area contributed by atoms with Crippen molar-refractivity contribution >= 4 is 23.2 Å². The van der Waals surface area contributed by atoms with Crippen LogP contribution in [0, 0.1) is 0 Å². The molecule has 3 fully saturated rings. The van der Waals surface area contributed by atoms with Crippen LogP contribution in [0.3, 0.4) is 0 Å². The highest BCUT2D eigenvalue weighted by molar-refractivity contribution is 5.72. The van der Waals surface area contributed by atoms with Crippen LogP contribution in [0.4, 0.5) is 20.8 Å². The molecule has 3 saturated carbocycles. The Bertz CT molecular complexity index is 1180. The molecule has 0 spiro atoms. The summed E-state index contributed by atoms with van der Waals surface area (Å²) in [5.41, 5.74) is 2.48. The van der Waals surface area contributed by atoms with E-state index >= 15 is 4.39 Å². The normalized spacial score (nSPS) is 26.2. The predicted octanol–water partition coefficient (Wildman–Crippen LogP) is 4.33. The number of nitrogens with zero attached hydrogens (tertiary/aromatic N) is 4. The number of H-pyrrole nitrogens is 1. The number of anilines is 2. The van der Waals surface area contributed by atoms with E-state index in [1.807, 2.05) is 17.6 Å². The van der Waals surface area contributed by atoms with Crippen LogP contribution in [-0.4, -0.2) is 48.7 Å². The third-order valence-electron chi connectivity index (χ3n) is 7.34. The van der Waals surface area contributed by atoms with Crippen molar-refractivity contribution in [1.29, 1.82) is 0 Å². The Labute approximate surface area is 190 Å². The van der Waals surface area contributed by atoms with Gasteiger partial charge >= 0.3 is 6.09 Å². The number of fused-ring (bicyclic) bond motifs is 1. The molecular weight excluding hydrogens is 425 g/mol. The molecule has 0 saturated heterocycles. The number of amides is 1. The van der Waals surface area contributed by atoms with Gasteiger partial charge in [-0.2, -0.15) is 10.2 Å². The Hall–Kier alpha value is -3.17. The van der Waals surface area contributed by atoms with E-state index in [9.17, 15) is 4.79 Å². The molecule has 0 aromatic carbocycles. The number of ether oxygens (including phenoxy) is 1. The van der Waals surface area contributed by atoms with E-state index < -0.39 is 24.3 Å². The summed E-state index contributed by atoms with van der Waals surface area (Å²) in [6.45, 7) is 1.96. The lowest BCUT2D eigenvalue weighted by Crippen LogP contribution is -2.38. The van der Waals surface area contributed by atoms with Crippen LogP contribution < -0.4 is 10.6 Å². The summed E-state index contributed by atoms with van der Waals surface area (Å²) in [5, 5.41) is 18.0. The first-order valence-electron chi connectivity index (χ1n) is 11.8. The van der Waals surface area contributed by atoms with Gasteiger partial charge in [-0.05, 0) is 51.5 Å². The van der Waals surface area contributed by atoms with Crippen molar-refractivity contribution in [2.75, 3.05) is 5.32 Å². The number of alkyl carbamates (subject to hydrolysis) is 1. The van der Waals surface area contributed by atoms with Crippen molar-refractivity contribution < 1.29 is 13.9 Å². The first-order valence-corrected chi connectivity index (χ1v) is 11.8. The van der Waals surface area contributed by atoms with Gasteiger partial charge in [0, 0.05) is 41.5 Å². The summed E-state index contributed by atoms with van der Waals surface area (Å²) in [4.78, 5) is 16.5. The first kappa shape index (κ1) is 20.4. The number of aromatic amines is 1.